The third-order valence-corrected chi connectivity index (χ3v) is 0.848. The third-order valence-electron chi connectivity index (χ3n) is 0.848. The van der Waals surface area contributed by atoms with Crippen molar-refractivity contribution in [1.82, 2.24) is 0 Å². The number of aliphatic hydroxyl groups is 1. The van der Waals surface area contributed by atoms with Crippen molar-refractivity contribution in [3.63, 3.8) is 0 Å². The average molecular weight is 136 g/mol. The average Bonchev–Trinajstić information content (AvgIpc) is 1.63. The van der Waals surface area contributed by atoms with Gasteiger partial charge >= 0.3 is 0 Å². The summed E-state index contributed by atoms with van der Waals surface area (Å²) in [5.74, 6) is 0. The molecule has 0 aliphatic heterocycles. The fraction of sp³-hybridized carbons (Fsp3) is 0.667. The summed E-state index contributed by atoms with van der Waals surface area (Å²) in [5, 5.41) is 8.49. The highest BCUT2D eigenvalue weighted by molar-refractivity contribution is 4.90. The molecule has 1 N–H and O–H groups in total. The number of aliphatic hydroxyl groups excluding tert-OH is 1. The van der Waals surface area contributed by atoms with Crippen molar-refractivity contribution < 1.29 is 13.9 Å². The standard InChI is InChI=1S/C6H10F2O/c1-4(2)3-5(9)6(7)8/h5-6,9H,1,3H2,2H3. The van der Waals surface area contributed by atoms with E-state index in [1.165, 1.54) is 0 Å². The smallest absolute Gasteiger partial charge is 0.264 e. The molecule has 0 aliphatic rings. The fourth-order valence-corrected chi connectivity index (χ4v) is 0.446. The predicted octanol–water partition coefficient (Wildman–Crippen LogP) is 1.58. The molecule has 0 amide bonds. The van der Waals surface area contributed by atoms with Crippen molar-refractivity contribution >= 4 is 0 Å². The maximum atomic E-state index is 11.5. The molecule has 0 saturated heterocycles. The number of hydrogen-bond donors (Lipinski definition) is 1. The Morgan fingerprint density at radius 3 is 2.22 bits per heavy atom. The van der Waals surface area contributed by atoms with Gasteiger partial charge in [0.1, 0.15) is 6.10 Å². The summed E-state index contributed by atoms with van der Waals surface area (Å²) in [6.45, 7) is 4.99. The zero-order valence-electron chi connectivity index (χ0n) is 5.27. The van der Waals surface area contributed by atoms with Gasteiger partial charge in [-0.2, -0.15) is 0 Å². The van der Waals surface area contributed by atoms with Crippen LogP contribution in [0.3, 0.4) is 0 Å². The van der Waals surface area contributed by atoms with Gasteiger partial charge in [0.15, 0.2) is 0 Å². The Morgan fingerprint density at radius 1 is 1.67 bits per heavy atom. The highest BCUT2D eigenvalue weighted by Gasteiger charge is 2.15. The van der Waals surface area contributed by atoms with Crippen molar-refractivity contribution in [2.24, 2.45) is 0 Å². The summed E-state index contributed by atoms with van der Waals surface area (Å²) in [4.78, 5) is 0. The molecule has 1 unspecified atom stereocenters. The molecule has 0 bridgehead atoms. The lowest BCUT2D eigenvalue weighted by Gasteiger charge is -2.07. The minimum atomic E-state index is -2.65. The molecule has 1 nitrogen and oxygen atoms in total. The normalized spacial score (nSPS) is 13.9. The molecule has 0 radical (unpaired) electrons. The molecule has 9 heavy (non-hydrogen) atoms. The molecule has 0 aromatic heterocycles. The van der Waals surface area contributed by atoms with E-state index in [1.807, 2.05) is 0 Å². The van der Waals surface area contributed by atoms with Crippen LogP contribution in [0, 0.1) is 0 Å². The monoisotopic (exact) mass is 136 g/mol. The van der Waals surface area contributed by atoms with Crippen molar-refractivity contribution in [3.05, 3.63) is 12.2 Å². The Hall–Kier alpha value is -0.440. The molecular weight excluding hydrogens is 126 g/mol. The molecule has 0 aromatic rings. The Bertz CT molecular complexity index is 101. The van der Waals surface area contributed by atoms with E-state index in [2.05, 4.69) is 6.58 Å². The van der Waals surface area contributed by atoms with Crippen LogP contribution in [-0.2, 0) is 0 Å². The summed E-state index contributed by atoms with van der Waals surface area (Å²) >= 11 is 0. The molecule has 54 valence electrons. The van der Waals surface area contributed by atoms with Gasteiger partial charge in [0, 0.05) is 0 Å². The van der Waals surface area contributed by atoms with Crippen LogP contribution in [0.5, 0.6) is 0 Å². The van der Waals surface area contributed by atoms with E-state index in [1.54, 1.807) is 6.92 Å². The lowest BCUT2D eigenvalue weighted by Crippen LogP contribution is -2.16. The summed E-state index contributed by atoms with van der Waals surface area (Å²) in [6.07, 6.45) is -4.21. The van der Waals surface area contributed by atoms with E-state index in [0.29, 0.717) is 5.57 Å². The third kappa shape index (κ3) is 4.09. The van der Waals surface area contributed by atoms with E-state index in [9.17, 15) is 8.78 Å². The van der Waals surface area contributed by atoms with E-state index in [-0.39, 0.29) is 6.42 Å². The molecule has 0 aliphatic carbocycles. The SMILES string of the molecule is C=C(C)CC(O)C(F)F. The van der Waals surface area contributed by atoms with E-state index in [0.717, 1.165) is 0 Å². The van der Waals surface area contributed by atoms with Gasteiger partial charge in [0.2, 0.25) is 0 Å². The summed E-state index contributed by atoms with van der Waals surface area (Å²) in [5.41, 5.74) is 0.572. The van der Waals surface area contributed by atoms with Crippen LogP contribution in [0.25, 0.3) is 0 Å². The van der Waals surface area contributed by atoms with Crippen LogP contribution in [0.2, 0.25) is 0 Å². The molecule has 0 saturated carbocycles. The summed E-state index contributed by atoms with van der Waals surface area (Å²) < 4.78 is 23.0. The minimum Gasteiger partial charge on any atom is -0.387 e. The van der Waals surface area contributed by atoms with Crippen molar-refractivity contribution in [3.8, 4) is 0 Å². The molecule has 0 spiro atoms. The van der Waals surface area contributed by atoms with Gasteiger partial charge < -0.3 is 5.11 Å². The number of rotatable bonds is 3. The lowest BCUT2D eigenvalue weighted by molar-refractivity contribution is -0.00354. The van der Waals surface area contributed by atoms with Gasteiger partial charge in [-0.1, -0.05) is 5.57 Å². The van der Waals surface area contributed by atoms with Crippen LogP contribution in [-0.4, -0.2) is 17.6 Å². The maximum absolute atomic E-state index is 11.5. The highest BCUT2D eigenvalue weighted by Crippen LogP contribution is 2.09. The Balaban J connectivity index is 3.50. The zero-order chi connectivity index (χ0) is 7.44. The second kappa shape index (κ2) is 3.56. The first-order valence-electron chi connectivity index (χ1n) is 2.64. The predicted molar refractivity (Wildman–Crippen MR) is 31.4 cm³/mol. The van der Waals surface area contributed by atoms with E-state index >= 15 is 0 Å². The Kier molecular flexibility index (Phi) is 3.39. The molecule has 0 rings (SSSR count). The molecule has 0 heterocycles. The summed E-state index contributed by atoms with van der Waals surface area (Å²) in [7, 11) is 0. The topological polar surface area (TPSA) is 20.2 Å². The number of hydrogen-bond acceptors (Lipinski definition) is 1. The van der Waals surface area contributed by atoms with Crippen molar-refractivity contribution in [2.45, 2.75) is 25.9 Å². The van der Waals surface area contributed by atoms with Crippen molar-refractivity contribution in [2.75, 3.05) is 0 Å². The molecule has 3 heteroatoms. The van der Waals surface area contributed by atoms with Crippen LogP contribution in [0.4, 0.5) is 8.78 Å². The number of halogens is 2. The zero-order valence-corrected chi connectivity index (χ0v) is 5.27. The molecule has 0 fully saturated rings. The van der Waals surface area contributed by atoms with E-state index in [4.69, 9.17) is 5.11 Å². The van der Waals surface area contributed by atoms with Gasteiger partial charge in [0.05, 0.1) is 0 Å². The number of alkyl halides is 2. The molecule has 1 atom stereocenters. The lowest BCUT2D eigenvalue weighted by atomic mass is 10.1. The van der Waals surface area contributed by atoms with Crippen LogP contribution in [0.1, 0.15) is 13.3 Å². The van der Waals surface area contributed by atoms with Gasteiger partial charge in [-0.15, -0.1) is 6.58 Å². The van der Waals surface area contributed by atoms with Crippen molar-refractivity contribution in [1.29, 1.82) is 0 Å². The summed E-state index contributed by atoms with van der Waals surface area (Å²) in [6, 6.07) is 0. The van der Waals surface area contributed by atoms with Crippen LogP contribution >= 0.6 is 0 Å². The van der Waals surface area contributed by atoms with Crippen LogP contribution < -0.4 is 0 Å². The molecule has 0 aromatic carbocycles. The first-order valence-corrected chi connectivity index (χ1v) is 2.64. The second-order valence-corrected chi connectivity index (χ2v) is 2.06. The van der Waals surface area contributed by atoms with Gasteiger partial charge in [0.25, 0.3) is 6.43 Å². The largest absolute Gasteiger partial charge is 0.387 e. The Labute approximate surface area is 53.0 Å². The fourth-order valence-electron chi connectivity index (χ4n) is 0.446. The first-order chi connectivity index (χ1) is 4.04. The quantitative estimate of drug-likeness (QED) is 0.584. The first kappa shape index (κ1) is 8.56. The van der Waals surface area contributed by atoms with Crippen LogP contribution in [0.15, 0.2) is 12.2 Å². The van der Waals surface area contributed by atoms with Gasteiger partial charge in [-0.05, 0) is 13.3 Å². The van der Waals surface area contributed by atoms with Gasteiger partial charge in [-0.3, -0.25) is 0 Å². The van der Waals surface area contributed by atoms with Gasteiger partial charge in [-0.25, -0.2) is 8.78 Å². The highest BCUT2D eigenvalue weighted by atomic mass is 19.3. The van der Waals surface area contributed by atoms with E-state index < -0.39 is 12.5 Å². The minimum absolute atomic E-state index is 0.0162. The second-order valence-electron chi connectivity index (χ2n) is 2.06. The molecular formula is C6H10F2O. The maximum Gasteiger partial charge on any atom is 0.264 e. The Morgan fingerprint density at radius 2 is 2.11 bits per heavy atom.